The molecule has 1 rings (SSSR count). The summed E-state index contributed by atoms with van der Waals surface area (Å²) in [5.74, 6) is -0.0651. The summed E-state index contributed by atoms with van der Waals surface area (Å²) >= 11 is 0. The lowest BCUT2D eigenvalue weighted by molar-refractivity contribution is -0.124. The van der Waals surface area contributed by atoms with Crippen LogP contribution in [0.4, 0.5) is 0 Å². The Labute approximate surface area is 120 Å². The summed E-state index contributed by atoms with van der Waals surface area (Å²) in [6.45, 7) is 2.93. The van der Waals surface area contributed by atoms with Crippen molar-refractivity contribution in [2.75, 3.05) is 32.6 Å². The Hall–Kier alpha value is -0.700. The van der Waals surface area contributed by atoms with Crippen molar-refractivity contribution in [1.82, 2.24) is 9.62 Å². The number of nitrogens with zero attached hydrogens (tertiary/aromatic N) is 1. The minimum atomic E-state index is -3.13. The molecule has 7 nitrogen and oxygen atoms in total. The van der Waals surface area contributed by atoms with E-state index in [2.05, 4.69) is 5.32 Å². The van der Waals surface area contributed by atoms with Gasteiger partial charge in [-0.05, 0) is 19.3 Å². The number of nitrogens with one attached hydrogen (secondary N) is 1. The molecule has 0 spiro atoms. The van der Waals surface area contributed by atoms with Crippen molar-refractivity contribution >= 4 is 15.9 Å². The maximum Gasteiger partial charge on any atom is 0.239 e. The summed E-state index contributed by atoms with van der Waals surface area (Å²) in [7, 11) is -1.64. The Morgan fingerprint density at radius 3 is 2.55 bits per heavy atom. The second-order valence-corrected chi connectivity index (χ2v) is 7.15. The lowest BCUT2D eigenvalue weighted by Gasteiger charge is -2.32. The molecule has 0 saturated carbocycles. The highest BCUT2D eigenvalue weighted by molar-refractivity contribution is 7.89. The van der Waals surface area contributed by atoms with Crippen molar-refractivity contribution < 1.29 is 17.9 Å². The first-order valence-electron chi connectivity index (χ1n) is 6.93. The van der Waals surface area contributed by atoms with Crippen LogP contribution < -0.4 is 11.1 Å². The molecular weight excluding hydrogens is 282 g/mol. The SMILES string of the molecule is CCCS(=O)(=O)N1CCC(NC(=O)C(N)COC)CC1. The van der Waals surface area contributed by atoms with Crippen LogP contribution in [0.1, 0.15) is 26.2 Å². The van der Waals surface area contributed by atoms with Crippen LogP contribution in [0.3, 0.4) is 0 Å². The molecule has 20 heavy (non-hydrogen) atoms. The minimum absolute atomic E-state index is 0.0153. The Morgan fingerprint density at radius 1 is 1.45 bits per heavy atom. The summed E-state index contributed by atoms with van der Waals surface area (Å²) in [6.07, 6.45) is 1.85. The molecule has 0 radical (unpaired) electrons. The van der Waals surface area contributed by atoms with Crippen molar-refractivity contribution in [3.8, 4) is 0 Å². The number of hydrogen-bond donors (Lipinski definition) is 2. The van der Waals surface area contributed by atoms with Crippen LogP contribution in [-0.4, -0.2) is 63.3 Å². The second-order valence-electron chi connectivity index (χ2n) is 5.06. The van der Waals surface area contributed by atoms with E-state index in [0.717, 1.165) is 0 Å². The highest BCUT2D eigenvalue weighted by Crippen LogP contribution is 2.15. The van der Waals surface area contributed by atoms with Crippen LogP contribution >= 0.6 is 0 Å². The van der Waals surface area contributed by atoms with Crippen LogP contribution in [0.25, 0.3) is 0 Å². The third-order valence-electron chi connectivity index (χ3n) is 3.34. The lowest BCUT2D eigenvalue weighted by Crippen LogP contribution is -2.51. The van der Waals surface area contributed by atoms with E-state index in [-0.39, 0.29) is 24.3 Å². The zero-order valence-electron chi connectivity index (χ0n) is 12.2. The molecule has 0 aliphatic carbocycles. The highest BCUT2D eigenvalue weighted by Gasteiger charge is 2.28. The number of carbonyl (C=O) groups excluding carboxylic acids is 1. The Balaban J connectivity index is 2.41. The van der Waals surface area contributed by atoms with E-state index in [4.69, 9.17) is 10.5 Å². The average Bonchev–Trinajstić information content (AvgIpc) is 2.39. The fourth-order valence-electron chi connectivity index (χ4n) is 2.23. The van der Waals surface area contributed by atoms with Crippen molar-refractivity contribution in [3.63, 3.8) is 0 Å². The highest BCUT2D eigenvalue weighted by atomic mass is 32.2. The van der Waals surface area contributed by atoms with Crippen LogP contribution in [-0.2, 0) is 19.6 Å². The minimum Gasteiger partial charge on any atom is -0.383 e. The zero-order valence-corrected chi connectivity index (χ0v) is 13.0. The maximum absolute atomic E-state index is 11.9. The van der Waals surface area contributed by atoms with E-state index in [1.54, 1.807) is 0 Å². The summed E-state index contributed by atoms with van der Waals surface area (Å²) in [5.41, 5.74) is 5.64. The second kappa shape index (κ2) is 7.92. The summed E-state index contributed by atoms with van der Waals surface area (Å²) < 4.78 is 30.2. The number of ether oxygens (including phenoxy) is 1. The van der Waals surface area contributed by atoms with Gasteiger partial charge in [0.2, 0.25) is 15.9 Å². The molecule has 1 aliphatic rings. The Morgan fingerprint density at radius 2 is 2.05 bits per heavy atom. The van der Waals surface area contributed by atoms with Crippen LogP contribution in [0.15, 0.2) is 0 Å². The first-order valence-corrected chi connectivity index (χ1v) is 8.54. The van der Waals surface area contributed by atoms with Gasteiger partial charge in [-0.1, -0.05) is 6.92 Å². The number of nitrogens with two attached hydrogens (primary N) is 1. The van der Waals surface area contributed by atoms with E-state index in [0.29, 0.717) is 32.4 Å². The largest absolute Gasteiger partial charge is 0.383 e. The Bertz CT molecular complexity index is 405. The van der Waals surface area contributed by atoms with E-state index in [1.165, 1.54) is 11.4 Å². The van der Waals surface area contributed by atoms with Gasteiger partial charge in [0.05, 0.1) is 12.4 Å². The number of sulfonamides is 1. The molecule has 1 saturated heterocycles. The third-order valence-corrected chi connectivity index (χ3v) is 5.41. The van der Waals surface area contributed by atoms with Crippen molar-refractivity contribution in [3.05, 3.63) is 0 Å². The summed E-state index contributed by atoms with van der Waals surface area (Å²) in [5, 5.41) is 2.84. The molecule has 118 valence electrons. The third kappa shape index (κ3) is 5.01. The smallest absolute Gasteiger partial charge is 0.239 e. The number of hydrogen-bond acceptors (Lipinski definition) is 5. The number of piperidine rings is 1. The molecule has 1 unspecified atom stereocenters. The van der Waals surface area contributed by atoms with Crippen LogP contribution in [0.2, 0.25) is 0 Å². The summed E-state index contributed by atoms with van der Waals surface area (Å²) in [6, 6.07) is -0.694. The molecule has 0 aromatic rings. The number of amides is 1. The molecule has 0 aromatic carbocycles. The quantitative estimate of drug-likeness (QED) is 0.646. The van der Waals surface area contributed by atoms with Crippen LogP contribution in [0, 0.1) is 0 Å². The standard InChI is InChI=1S/C12H25N3O4S/c1-3-8-20(17,18)15-6-4-10(5-7-15)14-12(16)11(13)9-19-2/h10-11H,3-9,13H2,1-2H3,(H,14,16). The van der Waals surface area contributed by atoms with E-state index >= 15 is 0 Å². The lowest BCUT2D eigenvalue weighted by atomic mass is 10.1. The molecule has 1 amide bonds. The molecule has 8 heteroatoms. The number of methoxy groups -OCH3 is 1. The molecule has 0 aromatic heterocycles. The monoisotopic (exact) mass is 307 g/mol. The molecule has 0 bridgehead atoms. The van der Waals surface area contributed by atoms with Crippen molar-refractivity contribution in [1.29, 1.82) is 0 Å². The maximum atomic E-state index is 11.9. The molecule has 1 aliphatic heterocycles. The molecule has 1 fully saturated rings. The summed E-state index contributed by atoms with van der Waals surface area (Å²) in [4.78, 5) is 11.7. The molecule has 3 N–H and O–H groups in total. The topological polar surface area (TPSA) is 102 Å². The molecular formula is C12H25N3O4S. The van der Waals surface area contributed by atoms with Crippen molar-refractivity contribution in [2.24, 2.45) is 5.73 Å². The van der Waals surface area contributed by atoms with Gasteiger partial charge in [-0.3, -0.25) is 4.79 Å². The van der Waals surface area contributed by atoms with Gasteiger partial charge in [0, 0.05) is 26.2 Å². The average molecular weight is 307 g/mol. The fourth-order valence-corrected chi connectivity index (χ4v) is 3.77. The van der Waals surface area contributed by atoms with E-state index < -0.39 is 16.1 Å². The van der Waals surface area contributed by atoms with E-state index in [1.807, 2.05) is 6.92 Å². The van der Waals surface area contributed by atoms with Gasteiger partial charge in [0.1, 0.15) is 6.04 Å². The number of rotatable bonds is 7. The van der Waals surface area contributed by atoms with Gasteiger partial charge in [-0.15, -0.1) is 0 Å². The van der Waals surface area contributed by atoms with Gasteiger partial charge >= 0.3 is 0 Å². The molecule has 1 atom stereocenters. The first-order chi connectivity index (χ1) is 9.40. The fraction of sp³-hybridized carbons (Fsp3) is 0.917. The first kappa shape index (κ1) is 17.4. The van der Waals surface area contributed by atoms with Crippen LogP contribution in [0.5, 0.6) is 0 Å². The van der Waals surface area contributed by atoms with Gasteiger partial charge < -0.3 is 15.8 Å². The van der Waals surface area contributed by atoms with Gasteiger partial charge in [-0.2, -0.15) is 0 Å². The van der Waals surface area contributed by atoms with Crippen molar-refractivity contribution in [2.45, 2.75) is 38.3 Å². The molecule has 1 heterocycles. The Kier molecular flexibility index (Phi) is 6.87. The van der Waals surface area contributed by atoms with Gasteiger partial charge in [0.25, 0.3) is 0 Å². The normalized spacial score (nSPS) is 19.8. The van der Waals surface area contributed by atoms with Gasteiger partial charge in [-0.25, -0.2) is 12.7 Å². The predicted molar refractivity (Wildman–Crippen MR) is 76.7 cm³/mol. The predicted octanol–water partition coefficient (Wildman–Crippen LogP) is -0.719. The number of carbonyl (C=O) groups is 1. The van der Waals surface area contributed by atoms with E-state index in [9.17, 15) is 13.2 Å². The van der Waals surface area contributed by atoms with Gasteiger partial charge in [0.15, 0.2) is 0 Å². The zero-order chi connectivity index (χ0) is 15.2.